The van der Waals surface area contributed by atoms with Gasteiger partial charge in [0.05, 0.1) is 6.10 Å². The maximum Gasteiger partial charge on any atom is 0.115 e. The normalized spacial score (nSPS) is 38.5. The SMILES string of the molecule is CCCCOC[C@H]1CC2(C)C(O)CCC2C2CCc3cc(O)ccc3C21. The molecule has 0 amide bonds. The smallest absolute Gasteiger partial charge is 0.115 e. The number of aliphatic hydroxyl groups excluding tert-OH is 1. The predicted octanol–water partition coefficient (Wildman–Crippen LogP) is 4.65. The van der Waals surface area contributed by atoms with Crippen LogP contribution in [-0.4, -0.2) is 29.5 Å². The van der Waals surface area contributed by atoms with Gasteiger partial charge in [0.1, 0.15) is 5.75 Å². The van der Waals surface area contributed by atoms with E-state index in [-0.39, 0.29) is 11.5 Å². The molecule has 0 aromatic heterocycles. The zero-order valence-electron chi connectivity index (χ0n) is 16.3. The van der Waals surface area contributed by atoms with Crippen LogP contribution in [0, 0.1) is 23.2 Å². The van der Waals surface area contributed by atoms with Crippen molar-refractivity contribution in [3.05, 3.63) is 29.3 Å². The molecule has 0 aliphatic heterocycles. The largest absolute Gasteiger partial charge is 0.508 e. The molecule has 1 aromatic rings. The van der Waals surface area contributed by atoms with E-state index in [2.05, 4.69) is 19.9 Å². The van der Waals surface area contributed by atoms with Gasteiger partial charge in [-0.15, -0.1) is 0 Å². The fourth-order valence-electron chi connectivity index (χ4n) is 6.49. The average molecular weight is 359 g/mol. The summed E-state index contributed by atoms with van der Waals surface area (Å²) in [5.74, 6) is 2.63. The van der Waals surface area contributed by atoms with Crippen LogP contribution in [0.5, 0.6) is 5.75 Å². The van der Waals surface area contributed by atoms with Gasteiger partial charge in [-0.3, -0.25) is 0 Å². The molecule has 3 aliphatic rings. The topological polar surface area (TPSA) is 49.7 Å². The molecule has 0 saturated heterocycles. The van der Waals surface area contributed by atoms with Crippen LogP contribution >= 0.6 is 0 Å². The second-order valence-electron chi connectivity index (χ2n) is 9.21. The number of phenols is 1. The Morgan fingerprint density at radius 3 is 2.88 bits per heavy atom. The molecule has 3 nitrogen and oxygen atoms in total. The van der Waals surface area contributed by atoms with Gasteiger partial charge in [0.2, 0.25) is 0 Å². The molecule has 4 rings (SSSR count). The number of aryl methyl sites for hydroxylation is 1. The summed E-state index contributed by atoms with van der Waals surface area (Å²) in [5.41, 5.74) is 2.81. The average Bonchev–Trinajstić information content (AvgIpc) is 2.93. The van der Waals surface area contributed by atoms with Crippen molar-refractivity contribution in [3.8, 4) is 5.75 Å². The van der Waals surface area contributed by atoms with E-state index < -0.39 is 0 Å². The van der Waals surface area contributed by atoms with Gasteiger partial charge in [0, 0.05) is 13.2 Å². The monoisotopic (exact) mass is 358 g/mol. The minimum absolute atomic E-state index is 0.0500. The van der Waals surface area contributed by atoms with Gasteiger partial charge < -0.3 is 14.9 Å². The van der Waals surface area contributed by atoms with Crippen molar-refractivity contribution in [2.45, 2.75) is 70.8 Å². The van der Waals surface area contributed by atoms with Gasteiger partial charge in [-0.05, 0) is 90.9 Å². The minimum atomic E-state index is -0.159. The molecule has 0 heterocycles. The Balaban J connectivity index is 1.65. The molecule has 1 aromatic carbocycles. The Hall–Kier alpha value is -1.06. The molecule has 0 spiro atoms. The van der Waals surface area contributed by atoms with Gasteiger partial charge in [0.25, 0.3) is 0 Å². The molecular formula is C23H34O3. The van der Waals surface area contributed by atoms with Crippen LogP contribution in [0.1, 0.15) is 69.4 Å². The molecule has 3 aliphatic carbocycles. The number of ether oxygens (including phenoxy) is 1. The lowest BCUT2D eigenvalue weighted by molar-refractivity contribution is -0.0674. The Morgan fingerprint density at radius 2 is 2.08 bits per heavy atom. The van der Waals surface area contributed by atoms with Crippen molar-refractivity contribution in [2.24, 2.45) is 23.2 Å². The van der Waals surface area contributed by atoms with Crippen LogP contribution in [0.4, 0.5) is 0 Å². The summed E-state index contributed by atoms with van der Waals surface area (Å²) in [4.78, 5) is 0. The van der Waals surface area contributed by atoms with Gasteiger partial charge >= 0.3 is 0 Å². The lowest BCUT2D eigenvalue weighted by Crippen LogP contribution is -2.49. The number of hydrogen-bond donors (Lipinski definition) is 2. The Kier molecular flexibility index (Phi) is 5.04. The van der Waals surface area contributed by atoms with Crippen LogP contribution in [0.25, 0.3) is 0 Å². The van der Waals surface area contributed by atoms with E-state index in [1.54, 1.807) is 0 Å². The highest BCUT2D eigenvalue weighted by molar-refractivity contribution is 5.40. The number of hydrogen-bond acceptors (Lipinski definition) is 3. The second-order valence-corrected chi connectivity index (χ2v) is 9.21. The first kappa shape index (κ1) is 18.3. The zero-order chi connectivity index (χ0) is 18.3. The second kappa shape index (κ2) is 7.16. The van der Waals surface area contributed by atoms with Crippen molar-refractivity contribution in [2.75, 3.05) is 13.2 Å². The first-order valence-electron chi connectivity index (χ1n) is 10.6. The molecule has 5 unspecified atom stereocenters. The fourth-order valence-corrected chi connectivity index (χ4v) is 6.49. The van der Waals surface area contributed by atoms with E-state index in [0.717, 1.165) is 51.7 Å². The maximum atomic E-state index is 10.8. The summed E-state index contributed by atoms with van der Waals surface area (Å²) in [7, 11) is 0. The van der Waals surface area contributed by atoms with Crippen LogP contribution < -0.4 is 0 Å². The van der Waals surface area contributed by atoms with E-state index in [4.69, 9.17) is 4.74 Å². The lowest BCUT2D eigenvalue weighted by atomic mass is 9.52. The van der Waals surface area contributed by atoms with Crippen molar-refractivity contribution >= 4 is 0 Å². The molecule has 0 bridgehead atoms. The Labute approximate surface area is 157 Å². The highest BCUT2D eigenvalue weighted by atomic mass is 16.5. The van der Waals surface area contributed by atoms with Gasteiger partial charge in [-0.1, -0.05) is 26.3 Å². The van der Waals surface area contributed by atoms with Crippen LogP contribution in [0.15, 0.2) is 18.2 Å². The number of phenolic OH excluding ortho intramolecular Hbond substituents is 1. The summed E-state index contributed by atoms with van der Waals surface area (Å²) < 4.78 is 6.10. The van der Waals surface area contributed by atoms with E-state index in [1.807, 2.05) is 12.1 Å². The molecule has 2 N–H and O–H groups in total. The molecule has 2 fully saturated rings. The number of aliphatic hydroxyl groups is 1. The highest BCUT2D eigenvalue weighted by Crippen LogP contribution is 2.62. The first-order chi connectivity index (χ1) is 12.5. The van der Waals surface area contributed by atoms with Crippen LogP contribution in [0.2, 0.25) is 0 Å². The number of unbranched alkanes of at least 4 members (excludes halogenated alkanes) is 1. The van der Waals surface area contributed by atoms with Crippen LogP contribution in [-0.2, 0) is 11.2 Å². The van der Waals surface area contributed by atoms with E-state index in [9.17, 15) is 10.2 Å². The number of rotatable bonds is 5. The Morgan fingerprint density at radius 1 is 1.23 bits per heavy atom. The van der Waals surface area contributed by atoms with Gasteiger partial charge in [-0.2, -0.15) is 0 Å². The summed E-state index contributed by atoms with van der Waals surface area (Å²) in [5, 5.41) is 20.7. The number of fused-ring (bicyclic) bond motifs is 5. The minimum Gasteiger partial charge on any atom is -0.508 e. The zero-order valence-corrected chi connectivity index (χ0v) is 16.3. The maximum absolute atomic E-state index is 10.8. The quantitative estimate of drug-likeness (QED) is 0.753. The molecular weight excluding hydrogens is 324 g/mol. The number of benzene rings is 1. The van der Waals surface area contributed by atoms with E-state index in [0.29, 0.717) is 29.4 Å². The van der Waals surface area contributed by atoms with Gasteiger partial charge in [-0.25, -0.2) is 0 Å². The number of aromatic hydroxyl groups is 1. The summed E-state index contributed by atoms with van der Waals surface area (Å²) in [6.07, 6.45) is 7.54. The van der Waals surface area contributed by atoms with E-state index >= 15 is 0 Å². The molecule has 0 radical (unpaired) electrons. The van der Waals surface area contributed by atoms with E-state index in [1.165, 1.54) is 17.5 Å². The Bertz CT molecular complexity index is 642. The van der Waals surface area contributed by atoms with Crippen molar-refractivity contribution in [1.82, 2.24) is 0 Å². The molecule has 2 saturated carbocycles. The molecule has 26 heavy (non-hydrogen) atoms. The lowest BCUT2D eigenvalue weighted by Gasteiger charge is -2.53. The van der Waals surface area contributed by atoms with Gasteiger partial charge in [0.15, 0.2) is 0 Å². The van der Waals surface area contributed by atoms with Crippen LogP contribution in [0.3, 0.4) is 0 Å². The third-order valence-corrected chi connectivity index (χ3v) is 7.75. The van der Waals surface area contributed by atoms with Crippen molar-refractivity contribution < 1.29 is 14.9 Å². The molecule has 3 heteroatoms. The van der Waals surface area contributed by atoms with Crippen molar-refractivity contribution in [3.63, 3.8) is 0 Å². The standard InChI is InChI=1S/C23H34O3/c1-3-4-11-26-14-16-13-23(2)20(9-10-21(23)25)19-7-5-15-12-17(24)6-8-18(15)22(16)19/h6,8,12,16,19-22,24-25H,3-5,7,9-11,13-14H2,1-2H3/t16-,19?,20?,21?,22?,23?/m1/s1. The summed E-state index contributed by atoms with van der Waals surface area (Å²) in [6.45, 7) is 6.17. The summed E-state index contributed by atoms with van der Waals surface area (Å²) >= 11 is 0. The third-order valence-electron chi connectivity index (χ3n) is 7.75. The predicted molar refractivity (Wildman–Crippen MR) is 103 cm³/mol. The first-order valence-corrected chi connectivity index (χ1v) is 10.6. The summed E-state index contributed by atoms with van der Waals surface area (Å²) in [6, 6.07) is 5.99. The van der Waals surface area contributed by atoms with Crippen molar-refractivity contribution in [1.29, 1.82) is 0 Å². The fraction of sp³-hybridized carbons (Fsp3) is 0.739. The third kappa shape index (κ3) is 2.97. The molecule has 144 valence electrons. The molecule has 6 atom stereocenters. The highest BCUT2D eigenvalue weighted by Gasteiger charge is 2.57.